The average Bonchev–Trinajstić information content (AvgIpc) is 3.63. The number of unbranched alkanes of at least 4 members (excludes halogenated alkanes) is 32. The third kappa shape index (κ3) is 28.6. The molecule has 2 fully saturated rings. The fourth-order valence-corrected chi connectivity index (χ4v) is 14.1. The second-order valence-electron chi connectivity index (χ2n) is 27.0. The van der Waals surface area contributed by atoms with Crippen LogP contribution < -0.4 is 4.74 Å². The van der Waals surface area contributed by atoms with Gasteiger partial charge < -0.3 is 4.74 Å². The topological polar surface area (TPSA) is 60.8 Å². The van der Waals surface area contributed by atoms with Crippen LogP contribution in [-0.4, -0.2) is 19.9 Å². The predicted octanol–water partition coefficient (Wildman–Crippen LogP) is 24.4. The van der Waals surface area contributed by atoms with E-state index >= 15 is 0 Å². The molecule has 0 aliphatic heterocycles. The quantitative estimate of drug-likeness (QED) is 0.0413. The summed E-state index contributed by atoms with van der Waals surface area (Å²) in [5.74, 6) is 6.58. The van der Waals surface area contributed by atoms with Gasteiger partial charge >= 0.3 is 0 Å². The molecule has 0 atom stereocenters. The highest BCUT2D eigenvalue weighted by atomic mass is 16.5. The van der Waals surface area contributed by atoms with E-state index in [-0.39, 0.29) is 0 Å². The maximum atomic E-state index is 7.33. The van der Waals surface area contributed by atoms with Gasteiger partial charge in [0.2, 0.25) is 0 Å². The summed E-state index contributed by atoms with van der Waals surface area (Å²) in [5, 5.41) is 0. The van der Waals surface area contributed by atoms with Crippen LogP contribution in [0.1, 0.15) is 367 Å². The van der Waals surface area contributed by atoms with E-state index in [2.05, 4.69) is 88.9 Å². The molecule has 2 heterocycles. The first kappa shape index (κ1) is 68.5. The monoisotopic (exact) mass is 1130 g/mol. The van der Waals surface area contributed by atoms with Crippen LogP contribution in [0.2, 0.25) is 0 Å². The van der Waals surface area contributed by atoms with Crippen molar-refractivity contribution in [3.8, 4) is 11.5 Å². The zero-order valence-corrected chi connectivity index (χ0v) is 54.6. The van der Waals surface area contributed by atoms with Crippen LogP contribution in [0, 0.1) is 11.8 Å². The summed E-state index contributed by atoms with van der Waals surface area (Å²) >= 11 is 0. The Kier molecular flexibility index (Phi) is 36.3. The van der Waals surface area contributed by atoms with Gasteiger partial charge in [0.1, 0.15) is 23.1 Å². The van der Waals surface area contributed by atoms with Gasteiger partial charge in [0, 0.05) is 36.6 Å². The molecule has 0 spiro atoms. The smallest absolute Gasteiger partial charge is 0.131 e. The summed E-state index contributed by atoms with van der Waals surface area (Å²) < 4.78 is 7.33. The SMILES string of the molecule is CCCCCCCCCCCCc1ccc(Oc2ccc(CCCCCCCCCCCC)cc2C[C@H]2CC[C@H](c3ncc(CCCCCCCCCC)cn3)CC2)c(C[C@H]2CC[C@H](c3ncc(CCCCCCCCCC)cn3)CC2)c1. The number of aryl methyl sites for hydroxylation is 4. The highest BCUT2D eigenvalue weighted by Crippen LogP contribution is 2.41. The van der Waals surface area contributed by atoms with Crippen molar-refractivity contribution in [1.82, 2.24) is 19.9 Å². The summed E-state index contributed by atoms with van der Waals surface area (Å²) in [5.41, 5.74) is 8.45. The fourth-order valence-electron chi connectivity index (χ4n) is 14.1. The summed E-state index contributed by atoms with van der Waals surface area (Å²) in [6.07, 6.45) is 74.2. The van der Waals surface area contributed by atoms with Crippen molar-refractivity contribution in [2.45, 2.75) is 361 Å². The third-order valence-corrected chi connectivity index (χ3v) is 19.6. The van der Waals surface area contributed by atoms with Crippen molar-refractivity contribution in [1.29, 1.82) is 0 Å². The van der Waals surface area contributed by atoms with Crippen LogP contribution in [0.3, 0.4) is 0 Å². The van der Waals surface area contributed by atoms with Gasteiger partial charge in [-0.3, -0.25) is 0 Å². The first-order valence-corrected chi connectivity index (χ1v) is 36.6. The van der Waals surface area contributed by atoms with Gasteiger partial charge in [-0.1, -0.05) is 257 Å². The molecule has 0 radical (unpaired) electrons. The standard InChI is InChI=1S/C78H126N4O/c1-5-9-13-17-21-25-27-31-33-37-41-65-49-55-75(73(57-65)59-67-45-51-71(52-46-67)77-79-61-69(62-80-77)43-39-35-29-23-19-15-11-7-3)83-76-56-50-66(42-38-34-32-28-26-22-18-14-10-6-2)58-74(76)60-68-47-53-72(54-48-68)78-81-63-70(64-82-78)44-40-36-30-24-20-16-12-8-4/h49-50,55-58,61-64,67-68,71-72H,5-48,51-54,59-60H2,1-4H3/t67-,68-,71-,72-. The Morgan fingerprint density at radius 3 is 0.831 bits per heavy atom. The number of hydrogen-bond donors (Lipinski definition) is 0. The summed E-state index contributed by atoms with van der Waals surface area (Å²) in [7, 11) is 0. The maximum Gasteiger partial charge on any atom is 0.131 e. The van der Waals surface area contributed by atoms with Crippen molar-refractivity contribution < 1.29 is 4.74 Å². The van der Waals surface area contributed by atoms with E-state index in [1.165, 1.54) is 329 Å². The Morgan fingerprint density at radius 1 is 0.301 bits per heavy atom. The zero-order chi connectivity index (χ0) is 58.0. The maximum absolute atomic E-state index is 7.33. The Labute approximate surface area is 512 Å². The number of hydrogen-bond acceptors (Lipinski definition) is 5. The second kappa shape index (κ2) is 43.9. The molecule has 2 aliphatic rings. The normalized spacial score (nSPS) is 17.3. The van der Waals surface area contributed by atoms with Gasteiger partial charge in [-0.2, -0.15) is 0 Å². The molecule has 2 aromatic heterocycles. The molecular formula is C78H126N4O. The van der Waals surface area contributed by atoms with E-state index in [1.807, 2.05) is 0 Å². The van der Waals surface area contributed by atoms with Crippen molar-refractivity contribution in [2.75, 3.05) is 0 Å². The van der Waals surface area contributed by atoms with Crippen LogP contribution in [-0.2, 0) is 38.5 Å². The lowest BCUT2D eigenvalue weighted by Crippen LogP contribution is -2.18. The second-order valence-corrected chi connectivity index (χ2v) is 27.0. The van der Waals surface area contributed by atoms with E-state index in [9.17, 15) is 0 Å². The van der Waals surface area contributed by atoms with Crippen LogP contribution in [0.15, 0.2) is 61.2 Å². The van der Waals surface area contributed by atoms with Gasteiger partial charge in [-0.25, -0.2) is 19.9 Å². The van der Waals surface area contributed by atoms with Crippen molar-refractivity contribution in [3.05, 3.63) is 106 Å². The first-order valence-electron chi connectivity index (χ1n) is 36.6. The molecule has 83 heavy (non-hydrogen) atoms. The molecule has 5 nitrogen and oxygen atoms in total. The van der Waals surface area contributed by atoms with Gasteiger partial charge in [0.05, 0.1) is 0 Å². The molecule has 464 valence electrons. The first-order chi connectivity index (χ1) is 41.0. The Morgan fingerprint density at radius 2 is 0.554 bits per heavy atom. The lowest BCUT2D eigenvalue weighted by Gasteiger charge is -2.29. The molecule has 2 aliphatic carbocycles. The molecule has 6 rings (SSSR count). The Bertz CT molecular complexity index is 2030. The van der Waals surface area contributed by atoms with Crippen molar-refractivity contribution in [2.24, 2.45) is 11.8 Å². The molecule has 5 heteroatoms. The molecular weight excluding hydrogens is 1010 g/mol. The average molecular weight is 1140 g/mol. The number of aromatic nitrogens is 4. The number of benzene rings is 2. The lowest BCUT2D eigenvalue weighted by atomic mass is 9.78. The minimum Gasteiger partial charge on any atom is -0.457 e. The van der Waals surface area contributed by atoms with E-state index in [0.717, 1.165) is 48.8 Å². The Hall–Kier alpha value is -3.60. The van der Waals surface area contributed by atoms with Crippen molar-refractivity contribution in [3.63, 3.8) is 0 Å². The number of rotatable bonds is 48. The highest BCUT2D eigenvalue weighted by molar-refractivity contribution is 5.45. The molecule has 2 saturated carbocycles. The summed E-state index contributed by atoms with van der Waals surface area (Å²) in [6, 6.07) is 14.7. The van der Waals surface area contributed by atoms with E-state index < -0.39 is 0 Å². The number of ether oxygens (including phenoxy) is 1. The van der Waals surface area contributed by atoms with Crippen LogP contribution in [0.5, 0.6) is 11.5 Å². The number of nitrogens with zero attached hydrogens (tertiary/aromatic N) is 4. The van der Waals surface area contributed by atoms with Gasteiger partial charge in [-0.15, -0.1) is 0 Å². The van der Waals surface area contributed by atoms with Gasteiger partial charge in [0.15, 0.2) is 0 Å². The molecule has 0 amide bonds. The van der Waals surface area contributed by atoms with Crippen molar-refractivity contribution >= 4 is 0 Å². The molecule has 2 aromatic carbocycles. The van der Waals surface area contributed by atoms with E-state index in [4.69, 9.17) is 24.7 Å². The van der Waals surface area contributed by atoms with E-state index in [1.54, 1.807) is 0 Å². The van der Waals surface area contributed by atoms with E-state index in [0.29, 0.717) is 23.7 Å². The lowest BCUT2D eigenvalue weighted by molar-refractivity contribution is 0.312. The highest BCUT2D eigenvalue weighted by Gasteiger charge is 2.28. The van der Waals surface area contributed by atoms with Crippen LogP contribution in [0.25, 0.3) is 0 Å². The van der Waals surface area contributed by atoms with Gasteiger partial charge in [-0.05, 0) is 173 Å². The Balaban J connectivity index is 1.08. The minimum absolute atomic E-state index is 0.473. The van der Waals surface area contributed by atoms with Gasteiger partial charge in [0.25, 0.3) is 0 Å². The molecule has 0 N–H and O–H groups in total. The summed E-state index contributed by atoms with van der Waals surface area (Å²) in [6.45, 7) is 9.24. The molecule has 4 aromatic rings. The van der Waals surface area contributed by atoms with Crippen LogP contribution >= 0.6 is 0 Å². The van der Waals surface area contributed by atoms with Crippen LogP contribution in [0.4, 0.5) is 0 Å². The third-order valence-electron chi connectivity index (χ3n) is 19.6. The largest absolute Gasteiger partial charge is 0.457 e. The predicted molar refractivity (Wildman–Crippen MR) is 358 cm³/mol. The molecule has 0 unspecified atom stereocenters. The molecule has 0 bridgehead atoms. The fraction of sp³-hybridized carbons (Fsp3) is 0.744. The molecule has 0 saturated heterocycles. The zero-order valence-electron chi connectivity index (χ0n) is 54.6. The minimum atomic E-state index is 0.473. The summed E-state index contributed by atoms with van der Waals surface area (Å²) in [4.78, 5) is 20.0.